The molecule has 7 nitrogen and oxygen atoms in total. The lowest BCUT2D eigenvalue weighted by molar-refractivity contribution is -0.121. The Labute approximate surface area is 175 Å². The fourth-order valence-electron chi connectivity index (χ4n) is 3.63. The number of carbonyl (C=O) groups is 2. The maximum atomic E-state index is 12.7. The van der Waals surface area contributed by atoms with Gasteiger partial charge < -0.3 is 19.9 Å². The second-order valence-corrected chi connectivity index (χ2v) is 8.04. The van der Waals surface area contributed by atoms with E-state index in [1.165, 1.54) is 0 Å². The van der Waals surface area contributed by atoms with Crippen LogP contribution in [-0.4, -0.2) is 41.6 Å². The zero-order valence-electron chi connectivity index (χ0n) is 16.5. The van der Waals surface area contributed by atoms with Crippen molar-refractivity contribution in [1.29, 1.82) is 0 Å². The first kappa shape index (κ1) is 21.2. The number of hydrogen-bond acceptors (Lipinski definition) is 5. The van der Waals surface area contributed by atoms with Gasteiger partial charge in [0.15, 0.2) is 5.69 Å². The third-order valence-corrected chi connectivity index (χ3v) is 5.55. The number of primary amides is 1. The molecule has 29 heavy (non-hydrogen) atoms. The largest absolute Gasteiger partial charge is 0.493 e. The molecule has 2 N–H and O–H groups in total. The third-order valence-electron chi connectivity index (χ3n) is 5.29. The smallest absolute Gasteiger partial charge is 0.276 e. The molecular weight excluding hydrogens is 394 g/mol. The molecule has 0 aliphatic carbocycles. The summed E-state index contributed by atoms with van der Waals surface area (Å²) in [7, 11) is 0. The first-order valence-electron chi connectivity index (χ1n) is 9.82. The number of amides is 2. The molecule has 1 fully saturated rings. The van der Waals surface area contributed by atoms with Gasteiger partial charge in [-0.15, -0.1) is 0 Å². The van der Waals surface area contributed by atoms with Crippen molar-refractivity contribution in [2.75, 3.05) is 19.7 Å². The van der Waals surface area contributed by atoms with E-state index in [1.54, 1.807) is 35.2 Å². The number of benzene rings is 1. The minimum absolute atomic E-state index is 0.151. The SMILES string of the molecule is CCCc1cc(C(=O)N2CCC(COc3ccc(Cl)cc3)(CC(N)=O)CC2)no1. The Morgan fingerprint density at radius 1 is 1.28 bits per heavy atom. The van der Waals surface area contributed by atoms with Crippen LogP contribution < -0.4 is 10.5 Å². The van der Waals surface area contributed by atoms with E-state index in [-0.39, 0.29) is 18.2 Å². The van der Waals surface area contributed by atoms with Crippen molar-refractivity contribution in [3.8, 4) is 5.75 Å². The van der Waals surface area contributed by atoms with Crippen LogP contribution >= 0.6 is 11.6 Å². The second-order valence-electron chi connectivity index (χ2n) is 7.61. The lowest BCUT2D eigenvalue weighted by Crippen LogP contribution is -2.47. The van der Waals surface area contributed by atoms with E-state index in [0.717, 1.165) is 12.8 Å². The highest BCUT2D eigenvalue weighted by Crippen LogP contribution is 2.36. The number of nitrogens with two attached hydrogens (primary N) is 1. The molecule has 2 aromatic rings. The number of carbonyl (C=O) groups excluding carboxylic acids is 2. The third kappa shape index (κ3) is 5.50. The molecule has 0 saturated carbocycles. The molecule has 8 heteroatoms. The molecule has 1 aliphatic rings. The summed E-state index contributed by atoms with van der Waals surface area (Å²) >= 11 is 5.91. The molecule has 3 rings (SSSR count). The van der Waals surface area contributed by atoms with Crippen molar-refractivity contribution in [3.63, 3.8) is 0 Å². The molecule has 1 aliphatic heterocycles. The zero-order chi connectivity index (χ0) is 20.9. The number of hydrogen-bond donors (Lipinski definition) is 1. The van der Waals surface area contributed by atoms with Gasteiger partial charge >= 0.3 is 0 Å². The van der Waals surface area contributed by atoms with E-state index in [4.69, 9.17) is 26.6 Å². The van der Waals surface area contributed by atoms with Crippen molar-refractivity contribution in [2.45, 2.75) is 39.0 Å². The lowest BCUT2D eigenvalue weighted by Gasteiger charge is -2.40. The van der Waals surface area contributed by atoms with Crippen molar-refractivity contribution >= 4 is 23.4 Å². The van der Waals surface area contributed by atoms with Gasteiger partial charge in [0.1, 0.15) is 11.5 Å². The molecule has 0 unspecified atom stereocenters. The van der Waals surface area contributed by atoms with Crippen LogP contribution in [0, 0.1) is 5.41 Å². The predicted octanol–water partition coefficient (Wildman–Crippen LogP) is 3.46. The molecule has 1 aromatic heterocycles. The van der Waals surface area contributed by atoms with Crippen LogP contribution in [0.15, 0.2) is 34.9 Å². The van der Waals surface area contributed by atoms with Crippen molar-refractivity contribution in [1.82, 2.24) is 10.1 Å². The van der Waals surface area contributed by atoms with Crippen LogP contribution in [0.5, 0.6) is 5.75 Å². The van der Waals surface area contributed by atoms with Gasteiger partial charge in [0.2, 0.25) is 5.91 Å². The minimum atomic E-state index is -0.403. The number of aromatic nitrogens is 1. The maximum absolute atomic E-state index is 12.7. The highest BCUT2D eigenvalue weighted by molar-refractivity contribution is 6.30. The van der Waals surface area contributed by atoms with Crippen molar-refractivity contribution in [2.24, 2.45) is 11.1 Å². The van der Waals surface area contributed by atoms with E-state index in [0.29, 0.717) is 54.8 Å². The molecule has 0 bridgehead atoms. The fourth-order valence-corrected chi connectivity index (χ4v) is 3.76. The van der Waals surface area contributed by atoms with E-state index in [9.17, 15) is 9.59 Å². The topological polar surface area (TPSA) is 98.7 Å². The van der Waals surface area contributed by atoms with Gasteiger partial charge in [0, 0.05) is 42.4 Å². The second kappa shape index (κ2) is 9.31. The summed E-state index contributed by atoms with van der Waals surface area (Å²) in [6, 6.07) is 8.79. The van der Waals surface area contributed by atoms with Crippen LogP contribution in [0.25, 0.3) is 0 Å². The van der Waals surface area contributed by atoms with Gasteiger partial charge in [-0.05, 0) is 43.5 Å². The van der Waals surface area contributed by atoms with Crippen molar-refractivity contribution in [3.05, 3.63) is 46.8 Å². The van der Waals surface area contributed by atoms with E-state index < -0.39 is 5.41 Å². The zero-order valence-corrected chi connectivity index (χ0v) is 17.3. The Bertz CT molecular complexity index is 842. The Kier molecular flexibility index (Phi) is 6.79. The molecule has 0 atom stereocenters. The summed E-state index contributed by atoms with van der Waals surface area (Å²) in [5.74, 6) is 0.877. The summed E-state index contributed by atoms with van der Waals surface area (Å²) in [4.78, 5) is 26.2. The fraction of sp³-hybridized carbons (Fsp3) is 0.476. The molecule has 156 valence electrons. The van der Waals surface area contributed by atoms with E-state index in [1.807, 2.05) is 6.92 Å². The molecule has 2 amide bonds. The average Bonchev–Trinajstić information content (AvgIpc) is 3.16. The monoisotopic (exact) mass is 419 g/mol. The van der Waals surface area contributed by atoms with Gasteiger partial charge in [-0.1, -0.05) is 23.7 Å². The number of nitrogens with zero attached hydrogens (tertiary/aromatic N) is 2. The minimum Gasteiger partial charge on any atom is -0.493 e. The standard InChI is InChI=1S/C21H26ClN3O4/c1-2-3-17-12-18(24-29-17)20(27)25-10-8-21(9-11-25,13-19(23)26)14-28-16-6-4-15(22)5-7-16/h4-7,12H,2-3,8-11,13-14H2,1H3,(H2,23,26). The molecule has 1 saturated heterocycles. The van der Waals surface area contributed by atoms with Crippen LogP contribution in [-0.2, 0) is 11.2 Å². The molecule has 2 heterocycles. The van der Waals surface area contributed by atoms with Crippen LogP contribution in [0.2, 0.25) is 5.02 Å². The Morgan fingerprint density at radius 3 is 2.59 bits per heavy atom. The number of piperidine rings is 1. The van der Waals surface area contributed by atoms with Gasteiger partial charge in [-0.3, -0.25) is 9.59 Å². The lowest BCUT2D eigenvalue weighted by atomic mass is 9.76. The molecular formula is C21H26ClN3O4. The van der Waals surface area contributed by atoms with Gasteiger partial charge in [0.05, 0.1) is 6.61 Å². The average molecular weight is 420 g/mol. The molecule has 1 aromatic carbocycles. The van der Waals surface area contributed by atoms with Crippen molar-refractivity contribution < 1.29 is 18.8 Å². The maximum Gasteiger partial charge on any atom is 0.276 e. The van der Waals surface area contributed by atoms with Crippen LogP contribution in [0.1, 0.15) is 48.9 Å². The number of halogens is 1. The molecule has 0 spiro atoms. The van der Waals surface area contributed by atoms with Gasteiger partial charge in [0.25, 0.3) is 5.91 Å². The summed E-state index contributed by atoms with van der Waals surface area (Å²) in [6.45, 7) is 3.40. The highest BCUT2D eigenvalue weighted by atomic mass is 35.5. The summed E-state index contributed by atoms with van der Waals surface area (Å²) in [5.41, 5.74) is 5.42. The number of aryl methyl sites for hydroxylation is 1. The highest BCUT2D eigenvalue weighted by Gasteiger charge is 2.38. The van der Waals surface area contributed by atoms with Crippen LogP contribution in [0.3, 0.4) is 0 Å². The number of likely N-dealkylation sites (tertiary alicyclic amines) is 1. The first-order valence-corrected chi connectivity index (χ1v) is 10.2. The van der Waals surface area contributed by atoms with Gasteiger partial charge in [-0.2, -0.15) is 0 Å². The number of rotatable bonds is 8. The Hall–Kier alpha value is -2.54. The quantitative estimate of drug-likeness (QED) is 0.706. The normalized spacial score (nSPS) is 15.9. The van der Waals surface area contributed by atoms with E-state index >= 15 is 0 Å². The van der Waals surface area contributed by atoms with Gasteiger partial charge in [-0.25, -0.2) is 0 Å². The summed E-state index contributed by atoms with van der Waals surface area (Å²) in [5, 5.41) is 4.53. The summed E-state index contributed by atoms with van der Waals surface area (Å²) in [6.07, 6.45) is 3.14. The Morgan fingerprint density at radius 2 is 1.97 bits per heavy atom. The van der Waals surface area contributed by atoms with Crippen LogP contribution in [0.4, 0.5) is 0 Å². The predicted molar refractivity (Wildman–Crippen MR) is 109 cm³/mol. The number of ether oxygens (including phenoxy) is 1. The Balaban J connectivity index is 1.63. The van der Waals surface area contributed by atoms with E-state index in [2.05, 4.69) is 5.16 Å². The molecule has 0 radical (unpaired) electrons. The first-order chi connectivity index (χ1) is 13.9. The summed E-state index contributed by atoms with van der Waals surface area (Å²) < 4.78 is 11.1.